The zero-order valence-corrected chi connectivity index (χ0v) is 9.33. The lowest BCUT2D eigenvalue weighted by molar-refractivity contribution is 0.711. The maximum Gasteiger partial charge on any atom is 0.104 e. The normalized spacial score (nSPS) is 10.5. The molecule has 0 unspecified atom stereocenters. The molecule has 1 aromatic heterocycles. The summed E-state index contributed by atoms with van der Waals surface area (Å²) in [7, 11) is 0. The van der Waals surface area contributed by atoms with E-state index in [1.165, 1.54) is 0 Å². The van der Waals surface area contributed by atoms with Crippen molar-refractivity contribution >= 4 is 39.8 Å². The average molecular weight is 242 g/mol. The van der Waals surface area contributed by atoms with Crippen LogP contribution in [0.25, 0.3) is 10.9 Å². The number of benzene rings is 1. The SMILES string of the molecule is Nc1ccc2cn(CC=C(Cl)Cl)nc2c1. The number of allylic oxidation sites excluding steroid dienone is 1. The van der Waals surface area contributed by atoms with Crippen molar-refractivity contribution in [2.24, 2.45) is 0 Å². The molecule has 78 valence electrons. The Morgan fingerprint density at radius 2 is 2.27 bits per heavy atom. The second kappa shape index (κ2) is 4.13. The molecule has 1 heterocycles. The van der Waals surface area contributed by atoms with Crippen LogP contribution >= 0.6 is 23.2 Å². The van der Waals surface area contributed by atoms with Gasteiger partial charge in [-0.1, -0.05) is 23.2 Å². The van der Waals surface area contributed by atoms with E-state index in [9.17, 15) is 0 Å². The molecule has 0 spiro atoms. The van der Waals surface area contributed by atoms with Crippen molar-refractivity contribution in [2.75, 3.05) is 5.73 Å². The highest BCUT2D eigenvalue weighted by molar-refractivity contribution is 6.55. The lowest BCUT2D eigenvalue weighted by Crippen LogP contribution is -1.94. The highest BCUT2D eigenvalue weighted by Crippen LogP contribution is 2.16. The molecule has 0 atom stereocenters. The largest absolute Gasteiger partial charge is 0.399 e. The summed E-state index contributed by atoms with van der Waals surface area (Å²) >= 11 is 11.0. The van der Waals surface area contributed by atoms with Crippen LogP contribution < -0.4 is 5.73 Å². The van der Waals surface area contributed by atoms with Gasteiger partial charge in [-0.05, 0) is 24.3 Å². The van der Waals surface area contributed by atoms with Crippen LogP contribution in [0.15, 0.2) is 35.0 Å². The highest BCUT2D eigenvalue weighted by atomic mass is 35.5. The molecule has 0 amide bonds. The van der Waals surface area contributed by atoms with Crippen molar-refractivity contribution in [1.82, 2.24) is 9.78 Å². The van der Waals surface area contributed by atoms with E-state index in [-0.39, 0.29) is 4.49 Å². The third kappa shape index (κ3) is 2.43. The van der Waals surface area contributed by atoms with E-state index in [0.29, 0.717) is 12.2 Å². The van der Waals surface area contributed by atoms with Gasteiger partial charge in [-0.3, -0.25) is 4.68 Å². The second-order valence-electron chi connectivity index (χ2n) is 3.16. The van der Waals surface area contributed by atoms with Gasteiger partial charge in [-0.25, -0.2) is 0 Å². The van der Waals surface area contributed by atoms with E-state index < -0.39 is 0 Å². The first-order valence-electron chi connectivity index (χ1n) is 4.39. The number of hydrogen-bond donors (Lipinski definition) is 1. The summed E-state index contributed by atoms with van der Waals surface area (Å²) in [5.74, 6) is 0. The molecule has 0 bridgehead atoms. The number of nitrogen functional groups attached to an aromatic ring is 1. The molecular formula is C10H9Cl2N3. The molecule has 3 nitrogen and oxygen atoms in total. The Morgan fingerprint density at radius 1 is 1.47 bits per heavy atom. The Bertz CT molecular complexity index is 512. The van der Waals surface area contributed by atoms with E-state index in [2.05, 4.69) is 5.10 Å². The van der Waals surface area contributed by atoms with E-state index in [4.69, 9.17) is 28.9 Å². The Balaban J connectivity index is 2.35. The van der Waals surface area contributed by atoms with Crippen LogP contribution in [0.4, 0.5) is 5.69 Å². The predicted octanol–water partition coefficient (Wildman–Crippen LogP) is 2.94. The number of aromatic nitrogens is 2. The predicted molar refractivity (Wildman–Crippen MR) is 63.9 cm³/mol. The number of halogens is 2. The Kier molecular flexibility index (Phi) is 2.84. The zero-order chi connectivity index (χ0) is 10.8. The molecular weight excluding hydrogens is 233 g/mol. The Hall–Kier alpha value is -1.19. The van der Waals surface area contributed by atoms with E-state index >= 15 is 0 Å². The topological polar surface area (TPSA) is 43.8 Å². The van der Waals surface area contributed by atoms with Crippen molar-refractivity contribution in [3.8, 4) is 0 Å². The van der Waals surface area contributed by atoms with Gasteiger partial charge in [0.25, 0.3) is 0 Å². The van der Waals surface area contributed by atoms with Gasteiger partial charge >= 0.3 is 0 Å². The van der Waals surface area contributed by atoms with Crippen LogP contribution in [-0.2, 0) is 6.54 Å². The molecule has 0 radical (unpaired) electrons. The maximum atomic E-state index is 5.65. The Labute approximate surface area is 97.1 Å². The summed E-state index contributed by atoms with van der Waals surface area (Å²) in [5, 5.41) is 5.37. The van der Waals surface area contributed by atoms with Gasteiger partial charge in [-0.2, -0.15) is 5.10 Å². The van der Waals surface area contributed by atoms with Gasteiger partial charge in [0.1, 0.15) is 4.49 Å². The summed E-state index contributed by atoms with van der Waals surface area (Å²) in [6, 6.07) is 5.61. The molecule has 0 saturated carbocycles. The number of rotatable bonds is 2. The third-order valence-corrected chi connectivity index (χ3v) is 2.32. The molecule has 0 fully saturated rings. The third-order valence-electron chi connectivity index (χ3n) is 2.01. The zero-order valence-electron chi connectivity index (χ0n) is 7.82. The highest BCUT2D eigenvalue weighted by Gasteiger charge is 1.99. The first-order chi connectivity index (χ1) is 7.15. The molecule has 0 aliphatic heterocycles. The first kappa shape index (κ1) is 10.3. The molecule has 2 N–H and O–H groups in total. The number of nitrogens with two attached hydrogens (primary N) is 1. The number of fused-ring (bicyclic) bond motifs is 1. The summed E-state index contributed by atoms with van der Waals surface area (Å²) in [5.41, 5.74) is 7.23. The lowest BCUT2D eigenvalue weighted by atomic mass is 10.2. The molecule has 0 aliphatic rings. The molecule has 2 aromatic rings. The number of nitrogens with zero attached hydrogens (tertiary/aromatic N) is 2. The molecule has 0 aliphatic carbocycles. The van der Waals surface area contributed by atoms with Gasteiger partial charge in [-0.15, -0.1) is 0 Å². The minimum absolute atomic E-state index is 0.245. The first-order valence-corrected chi connectivity index (χ1v) is 5.14. The van der Waals surface area contributed by atoms with Gasteiger partial charge in [0.15, 0.2) is 0 Å². The number of anilines is 1. The standard InChI is InChI=1S/C10H9Cl2N3/c11-10(12)3-4-15-6-7-1-2-8(13)5-9(7)14-15/h1-3,5-6H,4,13H2. The van der Waals surface area contributed by atoms with E-state index in [1.54, 1.807) is 10.8 Å². The van der Waals surface area contributed by atoms with Crippen LogP contribution in [-0.4, -0.2) is 9.78 Å². The molecule has 5 heteroatoms. The molecule has 0 saturated heterocycles. The van der Waals surface area contributed by atoms with Crippen molar-refractivity contribution in [2.45, 2.75) is 6.54 Å². The van der Waals surface area contributed by atoms with Gasteiger partial charge in [0.2, 0.25) is 0 Å². The van der Waals surface area contributed by atoms with E-state index in [1.807, 2.05) is 24.4 Å². The van der Waals surface area contributed by atoms with Gasteiger partial charge < -0.3 is 5.73 Å². The van der Waals surface area contributed by atoms with Gasteiger partial charge in [0, 0.05) is 17.3 Å². The van der Waals surface area contributed by atoms with Crippen LogP contribution in [0.3, 0.4) is 0 Å². The minimum Gasteiger partial charge on any atom is -0.399 e. The van der Waals surface area contributed by atoms with Crippen LogP contribution in [0.5, 0.6) is 0 Å². The van der Waals surface area contributed by atoms with Crippen molar-refractivity contribution in [3.05, 3.63) is 35.0 Å². The van der Waals surface area contributed by atoms with Crippen LogP contribution in [0.2, 0.25) is 0 Å². The second-order valence-corrected chi connectivity index (χ2v) is 4.17. The van der Waals surface area contributed by atoms with Crippen molar-refractivity contribution < 1.29 is 0 Å². The van der Waals surface area contributed by atoms with Crippen molar-refractivity contribution in [3.63, 3.8) is 0 Å². The van der Waals surface area contributed by atoms with Crippen LogP contribution in [0, 0.1) is 0 Å². The summed E-state index contributed by atoms with van der Waals surface area (Å²) in [6.07, 6.45) is 3.60. The molecule has 1 aromatic carbocycles. The number of hydrogen-bond acceptors (Lipinski definition) is 2. The quantitative estimate of drug-likeness (QED) is 0.822. The van der Waals surface area contributed by atoms with E-state index in [0.717, 1.165) is 10.9 Å². The fourth-order valence-electron chi connectivity index (χ4n) is 1.34. The molecule has 15 heavy (non-hydrogen) atoms. The monoisotopic (exact) mass is 241 g/mol. The molecule has 2 rings (SSSR count). The fraction of sp³-hybridized carbons (Fsp3) is 0.100. The fourth-order valence-corrected chi connectivity index (χ4v) is 1.48. The Morgan fingerprint density at radius 3 is 3.00 bits per heavy atom. The maximum absolute atomic E-state index is 5.65. The smallest absolute Gasteiger partial charge is 0.104 e. The summed E-state index contributed by atoms with van der Waals surface area (Å²) in [4.78, 5) is 0. The van der Waals surface area contributed by atoms with Gasteiger partial charge in [0.05, 0.1) is 12.1 Å². The minimum atomic E-state index is 0.245. The van der Waals surface area contributed by atoms with Crippen molar-refractivity contribution in [1.29, 1.82) is 0 Å². The lowest BCUT2D eigenvalue weighted by Gasteiger charge is -1.92. The average Bonchev–Trinajstić information content (AvgIpc) is 2.56. The summed E-state index contributed by atoms with van der Waals surface area (Å²) in [6.45, 7) is 0.552. The summed E-state index contributed by atoms with van der Waals surface area (Å²) < 4.78 is 2.00. The van der Waals surface area contributed by atoms with Crippen LogP contribution in [0.1, 0.15) is 0 Å².